The SMILES string of the molecule is COCCOc1ccc2cccc(-n3c(C)nnc3-c3ccccc3O)c2c1. The molecule has 3 aromatic carbocycles. The van der Waals surface area contributed by atoms with Crippen LogP contribution >= 0.6 is 0 Å². The molecule has 0 radical (unpaired) electrons. The number of methoxy groups -OCH3 is 1. The van der Waals surface area contributed by atoms with Crippen LogP contribution in [0.3, 0.4) is 0 Å². The number of para-hydroxylation sites is 1. The van der Waals surface area contributed by atoms with Gasteiger partial charge in [0.15, 0.2) is 5.82 Å². The molecular formula is C22H21N3O3. The van der Waals surface area contributed by atoms with Crippen molar-refractivity contribution in [1.82, 2.24) is 14.8 Å². The minimum absolute atomic E-state index is 0.167. The Morgan fingerprint density at radius 1 is 0.964 bits per heavy atom. The molecule has 28 heavy (non-hydrogen) atoms. The summed E-state index contributed by atoms with van der Waals surface area (Å²) in [6.45, 7) is 2.91. The van der Waals surface area contributed by atoms with Gasteiger partial charge < -0.3 is 14.6 Å². The van der Waals surface area contributed by atoms with Gasteiger partial charge in [0, 0.05) is 12.5 Å². The smallest absolute Gasteiger partial charge is 0.172 e. The van der Waals surface area contributed by atoms with Crippen molar-refractivity contribution in [1.29, 1.82) is 0 Å². The van der Waals surface area contributed by atoms with Crippen LogP contribution < -0.4 is 4.74 Å². The summed E-state index contributed by atoms with van der Waals surface area (Å²) < 4.78 is 12.8. The topological polar surface area (TPSA) is 69.4 Å². The van der Waals surface area contributed by atoms with E-state index >= 15 is 0 Å². The first kappa shape index (κ1) is 18.0. The third-order valence-corrected chi connectivity index (χ3v) is 4.60. The molecule has 0 aliphatic heterocycles. The molecule has 1 aromatic heterocycles. The molecule has 4 rings (SSSR count). The van der Waals surface area contributed by atoms with Crippen LogP contribution in [0.5, 0.6) is 11.5 Å². The summed E-state index contributed by atoms with van der Waals surface area (Å²) in [5, 5.41) is 21.0. The summed E-state index contributed by atoms with van der Waals surface area (Å²) in [5.74, 6) is 2.26. The predicted molar refractivity (Wildman–Crippen MR) is 108 cm³/mol. The second-order valence-corrected chi connectivity index (χ2v) is 6.42. The fraction of sp³-hybridized carbons (Fsp3) is 0.182. The maximum atomic E-state index is 10.3. The molecule has 0 saturated carbocycles. The Morgan fingerprint density at radius 3 is 2.64 bits per heavy atom. The van der Waals surface area contributed by atoms with Crippen LogP contribution in [0, 0.1) is 6.92 Å². The van der Waals surface area contributed by atoms with Gasteiger partial charge in [-0.2, -0.15) is 0 Å². The number of phenolic OH excluding ortho intramolecular Hbond substituents is 1. The number of benzene rings is 3. The van der Waals surface area contributed by atoms with Gasteiger partial charge in [0.2, 0.25) is 0 Å². The van der Waals surface area contributed by atoms with Crippen molar-refractivity contribution in [2.45, 2.75) is 6.92 Å². The van der Waals surface area contributed by atoms with Crippen LogP contribution in [0.25, 0.3) is 27.8 Å². The van der Waals surface area contributed by atoms with Crippen LogP contribution in [0.2, 0.25) is 0 Å². The van der Waals surface area contributed by atoms with Gasteiger partial charge in [-0.1, -0.05) is 30.3 Å². The van der Waals surface area contributed by atoms with Crippen molar-refractivity contribution in [3.8, 4) is 28.6 Å². The third kappa shape index (κ3) is 3.30. The van der Waals surface area contributed by atoms with Gasteiger partial charge in [-0.25, -0.2) is 0 Å². The molecule has 6 nitrogen and oxygen atoms in total. The first-order chi connectivity index (χ1) is 13.7. The minimum Gasteiger partial charge on any atom is -0.507 e. The first-order valence-corrected chi connectivity index (χ1v) is 9.04. The molecule has 0 atom stereocenters. The van der Waals surface area contributed by atoms with E-state index in [0.29, 0.717) is 24.6 Å². The third-order valence-electron chi connectivity index (χ3n) is 4.60. The van der Waals surface area contributed by atoms with Crippen molar-refractivity contribution in [2.75, 3.05) is 20.3 Å². The maximum Gasteiger partial charge on any atom is 0.172 e. The van der Waals surface area contributed by atoms with E-state index in [9.17, 15) is 5.11 Å². The Hall–Kier alpha value is -3.38. The lowest BCUT2D eigenvalue weighted by Gasteiger charge is -2.14. The lowest BCUT2D eigenvalue weighted by Crippen LogP contribution is -2.04. The second-order valence-electron chi connectivity index (χ2n) is 6.42. The van der Waals surface area contributed by atoms with E-state index in [2.05, 4.69) is 16.3 Å². The van der Waals surface area contributed by atoms with Crippen molar-refractivity contribution in [3.63, 3.8) is 0 Å². The average Bonchev–Trinajstić information content (AvgIpc) is 3.09. The highest BCUT2D eigenvalue weighted by Gasteiger charge is 2.17. The Bertz CT molecular complexity index is 1120. The Morgan fingerprint density at radius 2 is 1.82 bits per heavy atom. The standard InChI is InChI=1S/C22H21N3O3/c1-15-23-24-22(18-7-3-4-9-21(18)26)25(15)20-8-5-6-16-10-11-17(14-19(16)20)28-13-12-27-2/h3-11,14,26H,12-13H2,1-2H3. The second kappa shape index (κ2) is 7.70. The molecule has 0 amide bonds. The summed E-state index contributed by atoms with van der Waals surface area (Å²) in [4.78, 5) is 0. The zero-order chi connectivity index (χ0) is 19.5. The fourth-order valence-electron chi connectivity index (χ4n) is 3.25. The molecule has 0 saturated heterocycles. The Kier molecular flexibility index (Phi) is 4.95. The molecule has 0 unspecified atom stereocenters. The lowest BCUT2D eigenvalue weighted by molar-refractivity contribution is 0.146. The van der Waals surface area contributed by atoms with Gasteiger partial charge in [0.1, 0.15) is 23.9 Å². The quantitative estimate of drug-likeness (QED) is 0.513. The zero-order valence-electron chi connectivity index (χ0n) is 15.8. The molecule has 1 heterocycles. The van der Waals surface area contributed by atoms with Crippen molar-refractivity contribution < 1.29 is 14.6 Å². The number of hydrogen-bond donors (Lipinski definition) is 1. The maximum absolute atomic E-state index is 10.3. The molecule has 6 heteroatoms. The summed E-state index contributed by atoms with van der Waals surface area (Å²) >= 11 is 0. The van der Waals surface area contributed by atoms with E-state index in [0.717, 1.165) is 28.0 Å². The average molecular weight is 375 g/mol. The highest BCUT2D eigenvalue weighted by Crippen LogP contribution is 2.33. The lowest BCUT2D eigenvalue weighted by atomic mass is 10.1. The van der Waals surface area contributed by atoms with E-state index in [1.807, 2.05) is 54.0 Å². The van der Waals surface area contributed by atoms with E-state index < -0.39 is 0 Å². The van der Waals surface area contributed by atoms with Gasteiger partial charge in [-0.3, -0.25) is 4.57 Å². The fourth-order valence-corrected chi connectivity index (χ4v) is 3.25. The summed E-state index contributed by atoms with van der Waals surface area (Å²) in [6.07, 6.45) is 0. The number of aromatic hydroxyl groups is 1. The van der Waals surface area contributed by atoms with Gasteiger partial charge in [0.05, 0.1) is 17.9 Å². The summed E-state index contributed by atoms with van der Waals surface area (Å²) in [7, 11) is 1.65. The van der Waals surface area contributed by atoms with Crippen LogP contribution in [-0.4, -0.2) is 40.2 Å². The summed E-state index contributed by atoms with van der Waals surface area (Å²) in [5.41, 5.74) is 1.56. The molecular weight excluding hydrogens is 354 g/mol. The van der Waals surface area contributed by atoms with Gasteiger partial charge in [-0.15, -0.1) is 10.2 Å². The minimum atomic E-state index is 0.167. The number of nitrogens with zero attached hydrogens (tertiary/aromatic N) is 3. The van der Waals surface area contributed by atoms with Gasteiger partial charge >= 0.3 is 0 Å². The largest absolute Gasteiger partial charge is 0.507 e. The van der Waals surface area contributed by atoms with Crippen LogP contribution in [-0.2, 0) is 4.74 Å². The van der Waals surface area contributed by atoms with E-state index in [-0.39, 0.29) is 5.75 Å². The molecule has 1 N–H and O–H groups in total. The molecule has 0 bridgehead atoms. The number of fused-ring (bicyclic) bond motifs is 1. The first-order valence-electron chi connectivity index (χ1n) is 9.04. The Balaban J connectivity index is 1.87. The van der Waals surface area contributed by atoms with Gasteiger partial charge in [0.25, 0.3) is 0 Å². The molecule has 142 valence electrons. The van der Waals surface area contributed by atoms with Crippen molar-refractivity contribution >= 4 is 10.8 Å². The van der Waals surface area contributed by atoms with E-state index in [1.165, 1.54) is 0 Å². The normalized spacial score (nSPS) is 11.1. The monoisotopic (exact) mass is 375 g/mol. The molecule has 0 aliphatic carbocycles. The van der Waals surface area contributed by atoms with Crippen molar-refractivity contribution in [3.05, 3.63) is 66.5 Å². The number of hydrogen-bond acceptors (Lipinski definition) is 5. The molecule has 4 aromatic rings. The highest BCUT2D eigenvalue weighted by atomic mass is 16.5. The van der Waals surface area contributed by atoms with Crippen molar-refractivity contribution in [2.24, 2.45) is 0 Å². The number of phenols is 1. The van der Waals surface area contributed by atoms with E-state index in [1.54, 1.807) is 19.2 Å². The highest BCUT2D eigenvalue weighted by molar-refractivity contribution is 5.92. The number of ether oxygens (including phenoxy) is 2. The number of rotatable bonds is 6. The number of aryl methyl sites for hydroxylation is 1. The molecule has 0 aliphatic rings. The van der Waals surface area contributed by atoms with E-state index in [4.69, 9.17) is 9.47 Å². The van der Waals surface area contributed by atoms with Crippen LogP contribution in [0.4, 0.5) is 0 Å². The zero-order valence-corrected chi connectivity index (χ0v) is 15.8. The predicted octanol–water partition coefficient (Wildman–Crippen LogP) is 4.13. The van der Waals surface area contributed by atoms with Crippen LogP contribution in [0.1, 0.15) is 5.82 Å². The molecule has 0 fully saturated rings. The summed E-state index contributed by atoms with van der Waals surface area (Å²) in [6, 6.07) is 19.2. The number of aromatic nitrogens is 3. The van der Waals surface area contributed by atoms with Gasteiger partial charge in [-0.05, 0) is 42.6 Å². The Labute approximate surface area is 163 Å². The van der Waals surface area contributed by atoms with Crippen LogP contribution in [0.15, 0.2) is 60.7 Å². The molecule has 0 spiro atoms.